The minimum absolute atomic E-state index is 0.0827. The maximum Gasteiger partial charge on any atom is 0.261 e. The molecular formula is C16H21N3O3. The molecule has 1 atom stereocenters. The fourth-order valence-electron chi connectivity index (χ4n) is 2.47. The third-order valence-corrected chi connectivity index (χ3v) is 3.88. The van der Waals surface area contributed by atoms with Crippen LogP contribution in [-0.4, -0.2) is 42.3 Å². The fraction of sp³-hybridized carbons (Fsp3) is 0.438. The molecule has 1 aromatic rings. The highest BCUT2D eigenvalue weighted by Crippen LogP contribution is 2.22. The summed E-state index contributed by atoms with van der Waals surface area (Å²) >= 11 is 0. The molecule has 3 amide bonds. The van der Waals surface area contributed by atoms with Crippen molar-refractivity contribution in [3.05, 3.63) is 34.9 Å². The summed E-state index contributed by atoms with van der Waals surface area (Å²) in [5.41, 5.74) is 6.65. The monoisotopic (exact) mass is 303 g/mol. The van der Waals surface area contributed by atoms with E-state index in [4.69, 9.17) is 5.73 Å². The minimum Gasteiger partial charge on any atom is -0.348 e. The van der Waals surface area contributed by atoms with Crippen molar-refractivity contribution < 1.29 is 14.4 Å². The number of rotatable bonds is 6. The van der Waals surface area contributed by atoms with Gasteiger partial charge in [0.05, 0.1) is 11.1 Å². The van der Waals surface area contributed by atoms with Crippen LogP contribution in [-0.2, 0) is 0 Å². The number of benzene rings is 1. The Bertz CT molecular complexity index is 613. The van der Waals surface area contributed by atoms with Gasteiger partial charge in [-0.2, -0.15) is 0 Å². The van der Waals surface area contributed by atoms with Gasteiger partial charge in [-0.15, -0.1) is 0 Å². The van der Waals surface area contributed by atoms with Crippen LogP contribution in [0.3, 0.4) is 0 Å². The molecule has 0 saturated carbocycles. The van der Waals surface area contributed by atoms with E-state index in [0.717, 1.165) is 24.2 Å². The lowest BCUT2D eigenvalue weighted by atomic mass is 10.0. The lowest BCUT2D eigenvalue weighted by Gasteiger charge is -2.16. The van der Waals surface area contributed by atoms with Gasteiger partial charge in [0, 0.05) is 25.2 Å². The van der Waals surface area contributed by atoms with Crippen molar-refractivity contribution >= 4 is 17.7 Å². The predicted octanol–water partition coefficient (Wildman–Crippen LogP) is 1.16. The number of amides is 3. The number of imide groups is 1. The zero-order chi connectivity index (χ0) is 16.3. The van der Waals surface area contributed by atoms with E-state index in [9.17, 15) is 14.4 Å². The van der Waals surface area contributed by atoms with E-state index >= 15 is 0 Å². The van der Waals surface area contributed by atoms with Crippen LogP contribution in [0.25, 0.3) is 0 Å². The first-order valence-corrected chi connectivity index (χ1v) is 7.47. The average molecular weight is 303 g/mol. The molecule has 0 saturated heterocycles. The fourth-order valence-corrected chi connectivity index (χ4v) is 2.47. The molecule has 0 bridgehead atoms. The summed E-state index contributed by atoms with van der Waals surface area (Å²) in [5.74, 6) is -0.991. The largest absolute Gasteiger partial charge is 0.348 e. The van der Waals surface area contributed by atoms with Crippen LogP contribution in [0.1, 0.15) is 57.3 Å². The highest BCUT2D eigenvalue weighted by molar-refractivity contribution is 6.21. The van der Waals surface area contributed by atoms with Crippen LogP contribution in [0.4, 0.5) is 0 Å². The average Bonchev–Trinajstić information content (AvgIpc) is 2.75. The molecule has 1 aliphatic heterocycles. The Kier molecular flexibility index (Phi) is 4.92. The molecule has 22 heavy (non-hydrogen) atoms. The summed E-state index contributed by atoms with van der Waals surface area (Å²) in [6, 6.07) is 4.48. The second kappa shape index (κ2) is 6.70. The number of unbranched alkanes of at least 4 members (excludes halogenated alkanes) is 1. The van der Waals surface area contributed by atoms with E-state index in [1.165, 1.54) is 19.2 Å². The lowest BCUT2D eigenvalue weighted by molar-refractivity contribution is 0.0693. The Labute approximate surface area is 129 Å². The van der Waals surface area contributed by atoms with Crippen LogP contribution in [0.15, 0.2) is 18.2 Å². The second-order valence-corrected chi connectivity index (χ2v) is 5.48. The van der Waals surface area contributed by atoms with Crippen LogP contribution >= 0.6 is 0 Å². The maximum atomic E-state index is 12.3. The molecule has 6 nitrogen and oxygen atoms in total. The summed E-state index contributed by atoms with van der Waals surface area (Å²) in [6.45, 7) is 2.45. The first-order chi connectivity index (χ1) is 10.5. The summed E-state index contributed by atoms with van der Waals surface area (Å²) in [7, 11) is 1.43. The van der Waals surface area contributed by atoms with E-state index in [-0.39, 0.29) is 29.3 Å². The minimum atomic E-state index is -0.379. The molecule has 0 radical (unpaired) electrons. The number of nitrogens with zero attached hydrogens (tertiary/aromatic N) is 1. The molecule has 6 heteroatoms. The third-order valence-electron chi connectivity index (χ3n) is 3.88. The molecule has 2 rings (SSSR count). The predicted molar refractivity (Wildman–Crippen MR) is 82.7 cm³/mol. The molecule has 1 aliphatic rings. The van der Waals surface area contributed by atoms with Crippen LogP contribution in [0.5, 0.6) is 0 Å². The third kappa shape index (κ3) is 3.01. The van der Waals surface area contributed by atoms with Crippen LogP contribution in [0.2, 0.25) is 0 Å². The quantitative estimate of drug-likeness (QED) is 0.771. The highest BCUT2D eigenvalue weighted by Gasteiger charge is 2.33. The Morgan fingerprint density at radius 3 is 2.59 bits per heavy atom. The Hall–Kier alpha value is -2.21. The van der Waals surface area contributed by atoms with E-state index in [0.29, 0.717) is 17.7 Å². The smallest absolute Gasteiger partial charge is 0.261 e. The summed E-state index contributed by atoms with van der Waals surface area (Å²) in [5, 5.41) is 2.87. The van der Waals surface area contributed by atoms with Crippen molar-refractivity contribution in [3.8, 4) is 0 Å². The van der Waals surface area contributed by atoms with Crippen molar-refractivity contribution in [1.82, 2.24) is 10.2 Å². The van der Waals surface area contributed by atoms with Gasteiger partial charge in [-0.25, -0.2) is 0 Å². The van der Waals surface area contributed by atoms with Crippen molar-refractivity contribution in [1.29, 1.82) is 0 Å². The molecule has 0 spiro atoms. The topological polar surface area (TPSA) is 92.5 Å². The van der Waals surface area contributed by atoms with Crippen molar-refractivity contribution in [2.75, 3.05) is 13.6 Å². The molecular weight excluding hydrogens is 282 g/mol. The van der Waals surface area contributed by atoms with Crippen molar-refractivity contribution in [3.63, 3.8) is 0 Å². The first-order valence-electron chi connectivity index (χ1n) is 7.47. The molecule has 1 aromatic carbocycles. The molecule has 0 fully saturated rings. The summed E-state index contributed by atoms with van der Waals surface area (Å²) in [6.07, 6.45) is 2.85. The number of hydrogen-bond acceptors (Lipinski definition) is 4. The highest BCUT2D eigenvalue weighted by atomic mass is 16.2. The molecule has 118 valence electrons. The van der Waals surface area contributed by atoms with Gasteiger partial charge in [-0.1, -0.05) is 19.8 Å². The van der Waals surface area contributed by atoms with Gasteiger partial charge in [0.15, 0.2) is 0 Å². The Morgan fingerprint density at radius 1 is 1.27 bits per heavy atom. The number of fused-ring (bicyclic) bond motifs is 1. The normalized spacial score (nSPS) is 15.0. The van der Waals surface area contributed by atoms with E-state index in [1.54, 1.807) is 6.07 Å². The number of nitrogens with two attached hydrogens (primary N) is 1. The van der Waals surface area contributed by atoms with E-state index < -0.39 is 0 Å². The molecule has 3 N–H and O–H groups in total. The van der Waals surface area contributed by atoms with Gasteiger partial charge < -0.3 is 11.1 Å². The molecule has 0 aliphatic carbocycles. The first kappa shape index (κ1) is 16.2. The zero-order valence-electron chi connectivity index (χ0n) is 12.9. The molecule has 0 aromatic heterocycles. The Morgan fingerprint density at radius 2 is 1.95 bits per heavy atom. The van der Waals surface area contributed by atoms with Crippen molar-refractivity contribution in [2.45, 2.75) is 32.2 Å². The van der Waals surface area contributed by atoms with E-state index in [2.05, 4.69) is 12.2 Å². The number of hydrogen-bond donors (Lipinski definition) is 2. The van der Waals surface area contributed by atoms with E-state index in [1.807, 2.05) is 0 Å². The van der Waals surface area contributed by atoms with Gasteiger partial charge in [-0.05, 0) is 24.6 Å². The second-order valence-electron chi connectivity index (χ2n) is 5.48. The van der Waals surface area contributed by atoms with Gasteiger partial charge in [0.2, 0.25) is 0 Å². The number of carbonyl (C=O) groups excluding carboxylic acids is 3. The molecule has 1 unspecified atom stereocenters. The van der Waals surface area contributed by atoms with Crippen LogP contribution in [0, 0.1) is 0 Å². The van der Waals surface area contributed by atoms with Crippen LogP contribution < -0.4 is 11.1 Å². The summed E-state index contributed by atoms with van der Waals surface area (Å²) < 4.78 is 0. The van der Waals surface area contributed by atoms with Crippen molar-refractivity contribution in [2.24, 2.45) is 5.73 Å². The number of carbonyl (C=O) groups is 3. The number of nitrogens with one attached hydrogen (secondary N) is 1. The summed E-state index contributed by atoms with van der Waals surface area (Å²) in [4.78, 5) is 37.1. The zero-order valence-corrected chi connectivity index (χ0v) is 12.9. The van der Waals surface area contributed by atoms with Gasteiger partial charge in [0.25, 0.3) is 17.7 Å². The standard InChI is InChI=1S/C16H21N3O3/c1-3-4-5-11(9-17)18-14(20)10-6-7-12-13(8-10)16(22)19(2)15(12)21/h6-8,11H,3-5,9,17H2,1-2H3,(H,18,20). The van der Waals surface area contributed by atoms with Gasteiger partial charge in [-0.3, -0.25) is 19.3 Å². The Balaban J connectivity index is 2.15. The lowest BCUT2D eigenvalue weighted by Crippen LogP contribution is -2.40. The van der Waals surface area contributed by atoms with Gasteiger partial charge >= 0.3 is 0 Å². The molecule has 1 heterocycles. The SMILES string of the molecule is CCCCC(CN)NC(=O)c1ccc2c(c1)C(=O)N(C)C2=O. The van der Waals surface area contributed by atoms with Gasteiger partial charge in [0.1, 0.15) is 0 Å². The maximum absolute atomic E-state index is 12.3.